The quantitative estimate of drug-likeness (QED) is 0.714. The molecule has 2 atom stereocenters. The highest BCUT2D eigenvalue weighted by Gasteiger charge is 2.10. The molecule has 1 N–H and O–H groups in total. The molecule has 4 heteroatoms. The summed E-state index contributed by atoms with van der Waals surface area (Å²) in [5, 5.41) is 9.09. The van der Waals surface area contributed by atoms with Crippen molar-refractivity contribution in [2.75, 3.05) is 0 Å². The van der Waals surface area contributed by atoms with Crippen LogP contribution < -0.4 is 0 Å². The molecule has 0 aromatic heterocycles. The zero-order chi connectivity index (χ0) is 14.8. The van der Waals surface area contributed by atoms with Crippen LogP contribution in [0.1, 0.15) is 59.8 Å². The number of carbonyl (C=O) groups excluding carboxylic acids is 3. The minimum absolute atomic E-state index is 0.204. The second-order valence-corrected chi connectivity index (χ2v) is 3.88. The lowest BCUT2D eigenvalue weighted by atomic mass is 10.0. The zero-order valence-corrected chi connectivity index (χ0v) is 12.1. The molecule has 0 aromatic carbocycles. The fourth-order valence-corrected chi connectivity index (χ4v) is 0.767. The van der Waals surface area contributed by atoms with Crippen LogP contribution in [0, 0.1) is 5.92 Å². The molecule has 4 nitrogen and oxygen atoms in total. The smallest absolute Gasteiger partial charge is 0.125 e. The van der Waals surface area contributed by atoms with E-state index in [9.17, 15) is 14.4 Å². The van der Waals surface area contributed by atoms with Crippen LogP contribution in [-0.2, 0) is 14.4 Å². The van der Waals surface area contributed by atoms with Crippen molar-refractivity contribution in [3.05, 3.63) is 0 Å². The third-order valence-corrected chi connectivity index (χ3v) is 1.98. The predicted molar refractivity (Wildman–Crippen MR) is 73.5 cm³/mol. The molecule has 0 bridgehead atoms. The van der Waals surface area contributed by atoms with Crippen LogP contribution >= 0.6 is 0 Å². The Balaban J connectivity index is -0.000000212. The number of aliphatic hydroxyl groups is 1. The Morgan fingerprint density at radius 3 is 1.67 bits per heavy atom. The monoisotopic (exact) mass is 260 g/mol. The summed E-state index contributed by atoms with van der Waals surface area (Å²) >= 11 is 0. The largest absolute Gasteiger partial charge is 0.392 e. The lowest BCUT2D eigenvalue weighted by Crippen LogP contribution is -2.17. The number of aliphatic hydroxyl groups excluding tert-OH is 1. The van der Waals surface area contributed by atoms with Crippen molar-refractivity contribution in [1.29, 1.82) is 0 Å². The van der Waals surface area contributed by atoms with Gasteiger partial charge in [0.25, 0.3) is 0 Å². The van der Waals surface area contributed by atoms with Crippen LogP contribution in [0.2, 0.25) is 0 Å². The molecule has 0 amide bonds. The van der Waals surface area contributed by atoms with Gasteiger partial charge in [-0.15, -0.1) is 0 Å². The van der Waals surface area contributed by atoms with Crippen LogP contribution in [0.3, 0.4) is 0 Å². The number of aldehydes is 3. The summed E-state index contributed by atoms with van der Waals surface area (Å²) in [6, 6.07) is 0. The highest BCUT2D eigenvalue weighted by atomic mass is 16.3. The Kier molecular flexibility index (Phi) is 26.2. The summed E-state index contributed by atoms with van der Waals surface area (Å²) in [5.41, 5.74) is 0. The van der Waals surface area contributed by atoms with Crippen LogP contribution in [0.15, 0.2) is 0 Å². The van der Waals surface area contributed by atoms with Gasteiger partial charge in [-0.1, -0.05) is 34.1 Å². The predicted octanol–water partition coefficient (Wildman–Crippen LogP) is 2.56. The standard InChI is InChI=1S/C7H14O2.C4H8O.C3H6O/c1-3-4-7(9)6(2)5-8;1-2-3-4-5;1-2-3-4/h5-7,9H,3-4H2,1-2H3;4H,2-3H2,1H3;3H,2H2,1H3. The molecule has 0 aliphatic rings. The first kappa shape index (κ1) is 22.2. The fourth-order valence-electron chi connectivity index (χ4n) is 0.767. The Bertz CT molecular complexity index is 181. The summed E-state index contributed by atoms with van der Waals surface area (Å²) in [5.74, 6) is -0.204. The number of carbonyl (C=O) groups is 3. The van der Waals surface area contributed by atoms with Crippen molar-refractivity contribution in [3.63, 3.8) is 0 Å². The third kappa shape index (κ3) is 24.3. The van der Waals surface area contributed by atoms with E-state index in [1.165, 1.54) is 0 Å². The molecule has 2 unspecified atom stereocenters. The van der Waals surface area contributed by atoms with Crippen molar-refractivity contribution < 1.29 is 19.5 Å². The Labute approximate surface area is 111 Å². The van der Waals surface area contributed by atoms with Gasteiger partial charge in [-0.2, -0.15) is 0 Å². The summed E-state index contributed by atoms with van der Waals surface area (Å²) in [7, 11) is 0. The number of rotatable bonds is 7. The summed E-state index contributed by atoms with van der Waals surface area (Å²) < 4.78 is 0. The third-order valence-electron chi connectivity index (χ3n) is 1.98. The van der Waals surface area contributed by atoms with Gasteiger partial charge in [0.1, 0.15) is 18.9 Å². The number of unbranched alkanes of at least 4 members (excludes halogenated alkanes) is 1. The van der Waals surface area contributed by atoms with Gasteiger partial charge in [-0.05, 0) is 12.8 Å². The maximum Gasteiger partial charge on any atom is 0.125 e. The fraction of sp³-hybridized carbons (Fsp3) is 0.786. The first-order valence-corrected chi connectivity index (χ1v) is 6.56. The average molecular weight is 260 g/mol. The van der Waals surface area contributed by atoms with Crippen LogP contribution in [0.5, 0.6) is 0 Å². The van der Waals surface area contributed by atoms with E-state index in [-0.39, 0.29) is 5.92 Å². The van der Waals surface area contributed by atoms with Crippen molar-refractivity contribution in [1.82, 2.24) is 0 Å². The molecule has 108 valence electrons. The molecule has 18 heavy (non-hydrogen) atoms. The Morgan fingerprint density at radius 1 is 1.00 bits per heavy atom. The Morgan fingerprint density at radius 2 is 1.50 bits per heavy atom. The summed E-state index contributed by atoms with van der Waals surface area (Å²) in [4.78, 5) is 28.6. The van der Waals surface area contributed by atoms with Gasteiger partial charge < -0.3 is 19.5 Å². The SMILES string of the molecule is CCC=O.CCCC(O)C(C)C=O.CCCC=O. The van der Waals surface area contributed by atoms with Gasteiger partial charge in [0.05, 0.1) is 6.10 Å². The summed E-state index contributed by atoms with van der Waals surface area (Å²) in [6.07, 6.45) is 6.13. The van der Waals surface area contributed by atoms with Gasteiger partial charge in [-0.25, -0.2) is 0 Å². The molecular weight excluding hydrogens is 232 g/mol. The van der Waals surface area contributed by atoms with Crippen molar-refractivity contribution >= 4 is 18.9 Å². The molecule has 0 aromatic rings. The minimum Gasteiger partial charge on any atom is -0.392 e. The minimum atomic E-state index is -0.438. The van der Waals surface area contributed by atoms with E-state index in [0.717, 1.165) is 38.1 Å². The molecular formula is C14H28O4. The maximum atomic E-state index is 10.1. The molecule has 0 spiro atoms. The number of hydrogen-bond acceptors (Lipinski definition) is 4. The van der Waals surface area contributed by atoms with E-state index in [0.29, 0.717) is 12.8 Å². The van der Waals surface area contributed by atoms with Crippen molar-refractivity contribution in [2.45, 2.75) is 65.9 Å². The molecule has 0 fully saturated rings. The molecule has 0 aliphatic carbocycles. The van der Waals surface area contributed by atoms with Gasteiger partial charge >= 0.3 is 0 Å². The second kappa shape index (κ2) is 21.3. The van der Waals surface area contributed by atoms with Crippen molar-refractivity contribution in [2.24, 2.45) is 5.92 Å². The van der Waals surface area contributed by atoms with E-state index in [1.807, 2.05) is 20.8 Å². The van der Waals surface area contributed by atoms with E-state index in [4.69, 9.17) is 5.11 Å². The van der Waals surface area contributed by atoms with E-state index < -0.39 is 6.10 Å². The highest BCUT2D eigenvalue weighted by Crippen LogP contribution is 2.05. The van der Waals surface area contributed by atoms with Gasteiger partial charge in [0.2, 0.25) is 0 Å². The van der Waals surface area contributed by atoms with Gasteiger partial charge in [0, 0.05) is 18.8 Å². The molecule has 0 radical (unpaired) electrons. The highest BCUT2D eigenvalue weighted by molar-refractivity contribution is 5.53. The Hall–Kier alpha value is -1.03. The maximum absolute atomic E-state index is 10.1. The topological polar surface area (TPSA) is 71.4 Å². The molecule has 0 saturated heterocycles. The van der Waals surface area contributed by atoms with Crippen LogP contribution in [0.4, 0.5) is 0 Å². The molecule has 0 heterocycles. The van der Waals surface area contributed by atoms with Crippen molar-refractivity contribution in [3.8, 4) is 0 Å². The van der Waals surface area contributed by atoms with Crippen LogP contribution in [0.25, 0.3) is 0 Å². The molecule has 0 saturated carbocycles. The first-order chi connectivity index (χ1) is 8.55. The van der Waals surface area contributed by atoms with E-state index >= 15 is 0 Å². The number of hydrogen-bond donors (Lipinski definition) is 1. The normalized spacial score (nSPS) is 11.8. The molecule has 0 aliphatic heterocycles. The second-order valence-electron chi connectivity index (χ2n) is 3.88. The summed E-state index contributed by atoms with van der Waals surface area (Å²) in [6.45, 7) is 7.51. The lowest BCUT2D eigenvalue weighted by molar-refractivity contribution is -0.113. The van der Waals surface area contributed by atoms with E-state index in [2.05, 4.69) is 0 Å². The van der Waals surface area contributed by atoms with Crippen LogP contribution in [-0.4, -0.2) is 30.1 Å². The lowest BCUT2D eigenvalue weighted by Gasteiger charge is -2.10. The first-order valence-electron chi connectivity index (χ1n) is 6.56. The van der Waals surface area contributed by atoms with E-state index in [1.54, 1.807) is 6.92 Å². The van der Waals surface area contributed by atoms with Gasteiger partial charge in [-0.3, -0.25) is 0 Å². The average Bonchev–Trinajstić information content (AvgIpc) is 2.40. The van der Waals surface area contributed by atoms with Gasteiger partial charge in [0.15, 0.2) is 0 Å². The zero-order valence-electron chi connectivity index (χ0n) is 12.1. The molecule has 0 rings (SSSR count).